The van der Waals surface area contributed by atoms with Crippen molar-refractivity contribution in [3.05, 3.63) is 42.7 Å². The molecule has 166 valence electrons. The summed E-state index contributed by atoms with van der Waals surface area (Å²) in [6, 6.07) is 5.12. The summed E-state index contributed by atoms with van der Waals surface area (Å²) in [5.41, 5.74) is 7.55. The van der Waals surface area contributed by atoms with Gasteiger partial charge in [0.05, 0.1) is 36.3 Å². The number of anilines is 1. The number of nitrogens with zero attached hydrogens (tertiary/aromatic N) is 6. The molecule has 0 saturated heterocycles. The largest absolute Gasteiger partial charge is 0.390 e. The standard InChI is InChI=1S/C21H24N8O3/c1-28(20(31)12-2-3-14-15(6-12)24-9-23-14)13-4-5-21(32,16(30)7-13)8-29-11-27-17-18(22)25-10-26-19(17)29/h2-3,6,9-11,13,16,30,32H,4-5,7-8H2,1H3,(H,23,24)(H2,22,25,26)/t13-,16+,21+/m0/s1. The summed E-state index contributed by atoms with van der Waals surface area (Å²) < 4.78 is 1.67. The minimum Gasteiger partial charge on any atom is -0.390 e. The predicted molar refractivity (Wildman–Crippen MR) is 117 cm³/mol. The zero-order chi connectivity index (χ0) is 22.5. The van der Waals surface area contributed by atoms with E-state index in [-0.39, 0.29) is 30.7 Å². The van der Waals surface area contributed by atoms with Crippen molar-refractivity contribution in [3.63, 3.8) is 0 Å². The molecular weight excluding hydrogens is 412 g/mol. The maximum atomic E-state index is 13.0. The van der Waals surface area contributed by atoms with Crippen LogP contribution in [-0.4, -0.2) is 75.3 Å². The number of carbonyl (C=O) groups excluding carboxylic acids is 1. The van der Waals surface area contributed by atoms with Gasteiger partial charge in [-0.15, -0.1) is 0 Å². The van der Waals surface area contributed by atoms with Crippen LogP contribution < -0.4 is 5.73 Å². The number of aromatic nitrogens is 6. The Morgan fingerprint density at radius 1 is 1.34 bits per heavy atom. The zero-order valence-electron chi connectivity index (χ0n) is 17.5. The monoisotopic (exact) mass is 436 g/mol. The van der Waals surface area contributed by atoms with Gasteiger partial charge in [0.15, 0.2) is 11.5 Å². The number of nitrogen functional groups attached to an aromatic ring is 1. The molecule has 32 heavy (non-hydrogen) atoms. The van der Waals surface area contributed by atoms with Crippen LogP contribution >= 0.6 is 0 Å². The fourth-order valence-electron chi connectivity index (χ4n) is 4.46. The number of fused-ring (bicyclic) bond motifs is 2. The Bertz CT molecular complexity index is 1300. The number of aliphatic hydroxyl groups is 2. The Kier molecular flexibility index (Phi) is 4.79. The van der Waals surface area contributed by atoms with Gasteiger partial charge in [-0.05, 0) is 37.5 Å². The molecule has 1 fully saturated rings. The summed E-state index contributed by atoms with van der Waals surface area (Å²) >= 11 is 0. The van der Waals surface area contributed by atoms with Crippen molar-refractivity contribution >= 4 is 33.9 Å². The molecule has 0 spiro atoms. The molecule has 11 heteroatoms. The van der Waals surface area contributed by atoms with E-state index in [4.69, 9.17) is 5.73 Å². The molecule has 3 aromatic heterocycles. The van der Waals surface area contributed by atoms with E-state index >= 15 is 0 Å². The van der Waals surface area contributed by atoms with Gasteiger partial charge < -0.3 is 30.4 Å². The van der Waals surface area contributed by atoms with E-state index in [1.165, 1.54) is 12.7 Å². The molecule has 1 aliphatic carbocycles. The molecule has 1 saturated carbocycles. The molecule has 4 aromatic rings. The van der Waals surface area contributed by atoms with Crippen molar-refractivity contribution < 1.29 is 15.0 Å². The molecule has 3 heterocycles. The Morgan fingerprint density at radius 3 is 3.00 bits per heavy atom. The number of aliphatic hydroxyl groups excluding tert-OH is 1. The molecule has 5 N–H and O–H groups in total. The SMILES string of the molecule is CN(C(=O)c1ccc2nc[nH]c2c1)[C@H]1CC[C@@](O)(Cn2cnc3c(N)ncnc32)[C@H](O)C1. The van der Waals surface area contributed by atoms with Crippen molar-refractivity contribution in [2.75, 3.05) is 12.8 Å². The van der Waals surface area contributed by atoms with Gasteiger partial charge in [-0.1, -0.05) is 0 Å². The van der Waals surface area contributed by atoms with Gasteiger partial charge in [-0.3, -0.25) is 4.79 Å². The van der Waals surface area contributed by atoms with Gasteiger partial charge in [0.2, 0.25) is 0 Å². The fraction of sp³-hybridized carbons (Fsp3) is 0.381. The summed E-state index contributed by atoms with van der Waals surface area (Å²) in [6.45, 7) is 0.113. The number of H-pyrrole nitrogens is 1. The van der Waals surface area contributed by atoms with Crippen molar-refractivity contribution in [1.29, 1.82) is 0 Å². The fourth-order valence-corrected chi connectivity index (χ4v) is 4.46. The second-order valence-electron chi connectivity index (χ2n) is 8.40. The highest BCUT2D eigenvalue weighted by Gasteiger charge is 2.43. The topological polar surface area (TPSA) is 159 Å². The summed E-state index contributed by atoms with van der Waals surface area (Å²) in [5, 5.41) is 22.0. The van der Waals surface area contributed by atoms with Gasteiger partial charge >= 0.3 is 0 Å². The van der Waals surface area contributed by atoms with Crippen LogP contribution in [0.2, 0.25) is 0 Å². The summed E-state index contributed by atoms with van der Waals surface area (Å²) in [6.07, 6.45) is 4.56. The molecule has 0 radical (unpaired) electrons. The molecule has 3 atom stereocenters. The molecule has 1 aromatic carbocycles. The van der Waals surface area contributed by atoms with Crippen molar-refractivity contribution in [2.24, 2.45) is 0 Å². The highest BCUT2D eigenvalue weighted by atomic mass is 16.3. The number of benzene rings is 1. The number of carbonyl (C=O) groups is 1. The Labute approximate surface area is 182 Å². The Hall–Kier alpha value is -3.57. The third kappa shape index (κ3) is 3.35. The van der Waals surface area contributed by atoms with Crippen LogP contribution in [0.25, 0.3) is 22.2 Å². The molecule has 0 bridgehead atoms. The minimum absolute atomic E-state index is 0.113. The Morgan fingerprint density at radius 2 is 2.19 bits per heavy atom. The molecule has 0 aliphatic heterocycles. The highest BCUT2D eigenvalue weighted by molar-refractivity contribution is 5.97. The van der Waals surface area contributed by atoms with E-state index in [9.17, 15) is 15.0 Å². The van der Waals surface area contributed by atoms with Crippen LogP contribution in [-0.2, 0) is 6.54 Å². The van der Waals surface area contributed by atoms with Crippen LogP contribution in [0.15, 0.2) is 37.2 Å². The number of amides is 1. The number of imidazole rings is 2. The summed E-state index contributed by atoms with van der Waals surface area (Å²) in [5.74, 6) is 0.121. The number of nitrogens with one attached hydrogen (secondary N) is 1. The molecule has 0 unspecified atom stereocenters. The summed E-state index contributed by atoms with van der Waals surface area (Å²) in [4.78, 5) is 34.2. The van der Waals surface area contributed by atoms with Crippen molar-refractivity contribution in [3.8, 4) is 0 Å². The van der Waals surface area contributed by atoms with Crippen molar-refractivity contribution in [1.82, 2.24) is 34.4 Å². The molecule has 5 rings (SSSR count). The second kappa shape index (κ2) is 7.53. The molecule has 1 aliphatic rings. The zero-order valence-corrected chi connectivity index (χ0v) is 17.5. The van der Waals surface area contributed by atoms with Crippen LogP contribution in [0, 0.1) is 0 Å². The van der Waals surface area contributed by atoms with E-state index < -0.39 is 11.7 Å². The first-order chi connectivity index (χ1) is 15.4. The van der Waals surface area contributed by atoms with Gasteiger partial charge in [-0.25, -0.2) is 19.9 Å². The van der Waals surface area contributed by atoms with Crippen LogP contribution in [0.1, 0.15) is 29.6 Å². The second-order valence-corrected chi connectivity index (χ2v) is 8.40. The maximum absolute atomic E-state index is 13.0. The van der Waals surface area contributed by atoms with Crippen LogP contribution in [0.4, 0.5) is 5.82 Å². The lowest BCUT2D eigenvalue weighted by Gasteiger charge is -2.43. The smallest absolute Gasteiger partial charge is 0.253 e. The number of hydrogen-bond acceptors (Lipinski definition) is 8. The predicted octanol–water partition coefficient (Wildman–Crippen LogP) is 0.701. The van der Waals surface area contributed by atoms with Crippen molar-refractivity contribution in [2.45, 2.75) is 43.6 Å². The van der Waals surface area contributed by atoms with E-state index in [1.807, 2.05) is 0 Å². The number of aromatic amines is 1. The average Bonchev–Trinajstić information content (AvgIpc) is 3.42. The first kappa shape index (κ1) is 20.3. The molecular formula is C21H24N8O3. The van der Waals surface area contributed by atoms with E-state index in [0.29, 0.717) is 29.6 Å². The third-order valence-electron chi connectivity index (χ3n) is 6.44. The lowest BCUT2D eigenvalue weighted by molar-refractivity contribution is -0.121. The number of hydrogen-bond donors (Lipinski definition) is 4. The normalized spacial score (nSPS) is 23.6. The molecule has 1 amide bonds. The van der Waals surface area contributed by atoms with Gasteiger partial charge in [0.25, 0.3) is 5.91 Å². The van der Waals surface area contributed by atoms with Crippen LogP contribution in [0.3, 0.4) is 0 Å². The van der Waals surface area contributed by atoms with Crippen LogP contribution in [0.5, 0.6) is 0 Å². The summed E-state index contributed by atoms with van der Waals surface area (Å²) in [7, 11) is 1.73. The average molecular weight is 436 g/mol. The number of nitrogens with two attached hydrogens (primary N) is 1. The lowest BCUT2D eigenvalue weighted by Crippen LogP contribution is -2.54. The third-order valence-corrected chi connectivity index (χ3v) is 6.44. The Balaban J connectivity index is 1.30. The quantitative estimate of drug-likeness (QED) is 0.364. The lowest BCUT2D eigenvalue weighted by atomic mass is 9.79. The first-order valence-electron chi connectivity index (χ1n) is 10.4. The van der Waals surface area contributed by atoms with Gasteiger partial charge in [-0.2, -0.15) is 0 Å². The van der Waals surface area contributed by atoms with E-state index in [2.05, 4.69) is 24.9 Å². The molecule has 11 nitrogen and oxygen atoms in total. The van der Waals surface area contributed by atoms with E-state index in [1.54, 1.807) is 41.0 Å². The first-order valence-corrected chi connectivity index (χ1v) is 10.4. The van der Waals surface area contributed by atoms with Gasteiger partial charge in [0.1, 0.15) is 17.4 Å². The van der Waals surface area contributed by atoms with Gasteiger partial charge in [0, 0.05) is 18.7 Å². The highest BCUT2D eigenvalue weighted by Crippen LogP contribution is 2.34. The minimum atomic E-state index is -1.37. The van der Waals surface area contributed by atoms with E-state index in [0.717, 1.165) is 11.0 Å². The maximum Gasteiger partial charge on any atom is 0.253 e. The number of rotatable bonds is 4.